The minimum Gasteiger partial charge on any atom is -0.480 e. The fourth-order valence-electron chi connectivity index (χ4n) is 2.91. The molecule has 3 aromatic rings. The second-order valence-corrected chi connectivity index (χ2v) is 7.00. The molecule has 1 amide bonds. The van der Waals surface area contributed by atoms with E-state index >= 15 is 0 Å². The van der Waals surface area contributed by atoms with Gasteiger partial charge in [0.2, 0.25) is 17.6 Å². The van der Waals surface area contributed by atoms with Crippen LogP contribution in [-0.4, -0.2) is 33.7 Å². The van der Waals surface area contributed by atoms with Crippen LogP contribution in [-0.2, 0) is 16.0 Å². The zero-order valence-corrected chi connectivity index (χ0v) is 16.4. The van der Waals surface area contributed by atoms with Gasteiger partial charge in [-0.25, -0.2) is 0 Å². The van der Waals surface area contributed by atoms with E-state index in [9.17, 15) is 9.59 Å². The highest BCUT2D eigenvalue weighted by atomic mass is 16.5. The van der Waals surface area contributed by atoms with Gasteiger partial charge in [0.05, 0.1) is 0 Å². The number of hydrogen-bond acceptors (Lipinski definition) is 5. The third kappa shape index (κ3) is 5.28. The Bertz CT molecular complexity index is 965. The molecule has 0 bridgehead atoms. The number of carbonyl (C=O) groups is 2. The molecule has 0 atom stereocenters. The second-order valence-electron chi connectivity index (χ2n) is 7.00. The summed E-state index contributed by atoms with van der Waals surface area (Å²) in [6.07, 6.45) is 0.301. The van der Waals surface area contributed by atoms with Crippen molar-refractivity contribution < 1.29 is 19.2 Å². The number of carboxylic acids is 1. The smallest absolute Gasteiger partial charge is 0.323 e. The number of amides is 1. The molecule has 1 heterocycles. The molecule has 0 aliphatic heterocycles. The molecular formula is C22H23N3O4. The molecule has 29 heavy (non-hydrogen) atoms. The Morgan fingerprint density at radius 3 is 2.38 bits per heavy atom. The van der Waals surface area contributed by atoms with Crippen molar-refractivity contribution in [2.24, 2.45) is 0 Å². The number of aromatic nitrogens is 2. The number of aliphatic carboxylic acids is 1. The molecule has 1 aromatic heterocycles. The summed E-state index contributed by atoms with van der Waals surface area (Å²) >= 11 is 0. The SMILES string of the molecule is CC(C)c1ccc(-c2noc(CCC(=O)N(CC(=O)O)c3ccccc3)n2)cc1. The highest BCUT2D eigenvalue weighted by Crippen LogP contribution is 2.21. The van der Waals surface area contributed by atoms with Gasteiger partial charge in [0.1, 0.15) is 6.54 Å². The number of anilines is 1. The lowest BCUT2D eigenvalue weighted by Gasteiger charge is -2.20. The lowest BCUT2D eigenvalue weighted by Crippen LogP contribution is -2.35. The minimum absolute atomic E-state index is 0.0656. The van der Waals surface area contributed by atoms with Crippen LogP contribution in [0.3, 0.4) is 0 Å². The zero-order valence-electron chi connectivity index (χ0n) is 16.4. The van der Waals surface area contributed by atoms with E-state index in [0.29, 0.717) is 23.3 Å². The topological polar surface area (TPSA) is 96.5 Å². The molecule has 0 aliphatic carbocycles. The van der Waals surface area contributed by atoms with Gasteiger partial charge >= 0.3 is 5.97 Å². The first-order valence-corrected chi connectivity index (χ1v) is 9.44. The number of aryl methyl sites for hydroxylation is 1. The average Bonchev–Trinajstić information content (AvgIpc) is 3.20. The maximum Gasteiger partial charge on any atom is 0.323 e. The van der Waals surface area contributed by atoms with Crippen molar-refractivity contribution in [1.29, 1.82) is 0 Å². The normalized spacial score (nSPS) is 10.9. The molecule has 0 unspecified atom stereocenters. The Labute approximate surface area is 169 Å². The fourth-order valence-corrected chi connectivity index (χ4v) is 2.91. The van der Waals surface area contributed by atoms with Crippen molar-refractivity contribution in [2.75, 3.05) is 11.4 Å². The maximum atomic E-state index is 12.6. The summed E-state index contributed by atoms with van der Waals surface area (Å²) in [4.78, 5) is 29.4. The van der Waals surface area contributed by atoms with Gasteiger partial charge in [0.25, 0.3) is 0 Å². The van der Waals surface area contributed by atoms with Crippen LogP contribution < -0.4 is 4.90 Å². The van der Waals surface area contributed by atoms with E-state index in [-0.39, 0.29) is 18.7 Å². The van der Waals surface area contributed by atoms with E-state index in [2.05, 4.69) is 24.0 Å². The van der Waals surface area contributed by atoms with Crippen LogP contribution in [0.5, 0.6) is 0 Å². The first-order valence-electron chi connectivity index (χ1n) is 9.44. The quantitative estimate of drug-likeness (QED) is 0.623. The third-order valence-corrected chi connectivity index (χ3v) is 4.52. The van der Waals surface area contributed by atoms with Crippen LogP contribution in [0.15, 0.2) is 59.1 Å². The van der Waals surface area contributed by atoms with Gasteiger partial charge in [0, 0.05) is 24.1 Å². The van der Waals surface area contributed by atoms with Crippen molar-refractivity contribution in [3.8, 4) is 11.4 Å². The highest BCUT2D eigenvalue weighted by Gasteiger charge is 2.20. The molecule has 150 valence electrons. The molecule has 3 rings (SSSR count). The highest BCUT2D eigenvalue weighted by molar-refractivity contribution is 5.97. The summed E-state index contributed by atoms with van der Waals surface area (Å²) in [6.45, 7) is 3.85. The fraction of sp³-hybridized carbons (Fsp3) is 0.273. The van der Waals surface area contributed by atoms with Gasteiger partial charge in [-0.2, -0.15) is 4.98 Å². The van der Waals surface area contributed by atoms with E-state index in [0.717, 1.165) is 5.56 Å². The Hall–Kier alpha value is -3.48. The van der Waals surface area contributed by atoms with Gasteiger partial charge in [-0.15, -0.1) is 0 Å². The molecule has 0 spiro atoms. The largest absolute Gasteiger partial charge is 0.480 e. The zero-order chi connectivity index (χ0) is 20.8. The van der Waals surface area contributed by atoms with Crippen molar-refractivity contribution in [3.63, 3.8) is 0 Å². The molecule has 0 saturated heterocycles. The first-order chi connectivity index (χ1) is 13.9. The lowest BCUT2D eigenvalue weighted by molar-refractivity contribution is -0.136. The van der Waals surface area contributed by atoms with Crippen molar-refractivity contribution in [1.82, 2.24) is 10.1 Å². The molecule has 7 nitrogen and oxygen atoms in total. The molecule has 2 aromatic carbocycles. The van der Waals surface area contributed by atoms with Crippen LogP contribution in [0.25, 0.3) is 11.4 Å². The number of para-hydroxylation sites is 1. The molecule has 0 fully saturated rings. The standard InChI is InChI=1S/C22H23N3O4/c1-15(2)16-8-10-17(11-9-16)22-23-19(29-24-22)12-13-20(26)25(14-21(27)28)18-6-4-3-5-7-18/h3-11,15H,12-14H2,1-2H3,(H,27,28). The van der Waals surface area contributed by atoms with Crippen molar-refractivity contribution >= 4 is 17.6 Å². The Balaban J connectivity index is 1.66. The number of nitrogens with zero attached hydrogens (tertiary/aromatic N) is 3. The summed E-state index contributed by atoms with van der Waals surface area (Å²) in [5.41, 5.74) is 2.60. The van der Waals surface area contributed by atoms with Gasteiger partial charge in [-0.3, -0.25) is 9.59 Å². The van der Waals surface area contributed by atoms with Crippen LogP contribution in [0, 0.1) is 0 Å². The molecule has 1 N–H and O–H groups in total. The predicted molar refractivity (Wildman–Crippen MR) is 109 cm³/mol. The number of hydrogen-bond donors (Lipinski definition) is 1. The van der Waals surface area contributed by atoms with E-state index in [4.69, 9.17) is 9.63 Å². The number of carboxylic acid groups (broad SMARTS) is 1. The van der Waals surface area contributed by atoms with Gasteiger partial charge in [0.15, 0.2) is 0 Å². The number of rotatable bonds is 8. The molecule has 0 aliphatic rings. The van der Waals surface area contributed by atoms with Crippen LogP contribution in [0.1, 0.15) is 37.6 Å². The van der Waals surface area contributed by atoms with Crippen molar-refractivity contribution in [2.45, 2.75) is 32.6 Å². The summed E-state index contributed by atoms with van der Waals surface area (Å²) in [5, 5.41) is 13.1. The Morgan fingerprint density at radius 2 is 1.76 bits per heavy atom. The monoisotopic (exact) mass is 393 g/mol. The van der Waals surface area contributed by atoms with Crippen LogP contribution in [0.2, 0.25) is 0 Å². The van der Waals surface area contributed by atoms with Gasteiger partial charge < -0.3 is 14.5 Å². The summed E-state index contributed by atoms with van der Waals surface area (Å²) in [5.74, 6) is -0.154. The summed E-state index contributed by atoms with van der Waals surface area (Å²) in [6, 6.07) is 16.7. The maximum absolute atomic E-state index is 12.6. The van der Waals surface area contributed by atoms with E-state index in [1.54, 1.807) is 30.3 Å². The van der Waals surface area contributed by atoms with E-state index in [1.807, 2.05) is 24.3 Å². The number of carbonyl (C=O) groups excluding carboxylic acids is 1. The molecule has 0 radical (unpaired) electrons. The predicted octanol–water partition coefficient (Wildman–Crippen LogP) is 3.91. The second kappa shape index (κ2) is 9.14. The lowest BCUT2D eigenvalue weighted by atomic mass is 10.0. The van der Waals surface area contributed by atoms with E-state index in [1.165, 1.54) is 10.5 Å². The molecule has 0 saturated carbocycles. The van der Waals surface area contributed by atoms with Crippen LogP contribution >= 0.6 is 0 Å². The Kier molecular flexibility index (Phi) is 6.39. The minimum atomic E-state index is -1.08. The average molecular weight is 393 g/mol. The summed E-state index contributed by atoms with van der Waals surface area (Å²) in [7, 11) is 0. The van der Waals surface area contributed by atoms with Gasteiger partial charge in [-0.05, 0) is 23.6 Å². The van der Waals surface area contributed by atoms with Crippen molar-refractivity contribution in [3.05, 3.63) is 66.1 Å². The molecular weight excluding hydrogens is 370 g/mol. The Morgan fingerprint density at radius 1 is 1.07 bits per heavy atom. The first kappa shape index (κ1) is 20.3. The molecule has 7 heteroatoms. The van der Waals surface area contributed by atoms with Crippen LogP contribution in [0.4, 0.5) is 5.69 Å². The van der Waals surface area contributed by atoms with Gasteiger partial charge in [-0.1, -0.05) is 61.5 Å². The summed E-state index contributed by atoms with van der Waals surface area (Å²) < 4.78 is 5.27. The number of benzene rings is 2. The third-order valence-electron chi connectivity index (χ3n) is 4.52. The van der Waals surface area contributed by atoms with E-state index < -0.39 is 12.5 Å².